The Hall–Kier alpha value is -1.12. The summed E-state index contributed by atoms with van der Waals surface area (Å²) in [7, 11) is 0. The molecule has 0 spiro atoms. The number of anilines is 1. The van der Waals surface area contributed by atoms with E-state index < -0.39 is 0 Å². The molecule has 2 rings (SSSR count). The fraction of sp³-hybridized carbons (Fsp3) is 0.600. The van der Waals surface area contributed by atoms with Crippen molar-refractivity contribution in [2.75, 3.05) is 37.6 Å². The van der Waals surface area contributed by atoms with Crippen LogP contribution in [0.3, 0.4) is 0 Å². The highest BCUT2D eigenvalue weighted by atomic mass is 32.1. The second-order valence-electron chi connectivity index (χ2n) is 3.59. The second kappa shape index (κ2) is 4.60. The molecule has 0 saturated carbocycles. The van der Waals surface area contributed by atoms with Gasteiger partial charge in [0.25, 0.3) is 0 Å². The van der Waals surface area contributed by atoms with Crippen LogP contribution in [0.25, 0.3) is 0 Å². The third kappa shape index (κ3) is 2.46. The van der Waals surface area contributed by atoms with E-state index in [1.165, 1.54) is 11.5 Å². The summed E-state index contributed by atoms with van der Waals surface area (Å²) in [6, 6.07) is 0. The van der Waals surface area contributed by atoms with Crippen molar-refractivity contribution in [1.82, 2.24) is 14.3 Å². The van der Waals surface area contributed by atoms with Gasteiger partial charge in [-0.1, -0.05) is 5.92 Å². The molecule has 1 aromatic rings. The molecule has 1 aromatic heterocycles. The highest BCUT2D eigenvalue weighted by molar-refractivity contribution is 7.09. The summed E-state index contributed by atoms with van der Waals surface area (Å²) < 4.78 is 4.19. The second-order valence-corrected chi connectivity index (χ2v) is 4.32. The standard InChI is InChI=1S/C10H14N4S/c1-3-4-13-5-7-14(8-6-13)10-11-9(2)12-15-10/h1H,4-8H2,2H3. The molecule has 1 fully saturated rings. The van der Waals surface area contributed by atoms with Crippen LogP contribution in [-0.4, -0.2) is 47.0 Å². The van der Waals surface area contributed by atoms with Crippen LogP contribution in [-0.2, 0) is 0 Å². The quantitative estimate of drug-likeness (QED) is 0.686. The molecule has 0 bridgehead atoms. The van der Waals surface area contributed by atoms with E-state index in [1.54, 1.807) is 0 Å². The lowest BCUT2D eigenvalue weighted by atomic mass is 10.3. The first-order valence-corrected chi connectivity index (χ1v) is 5.78. The topological polar surface area (TPSA) is 32.3 Å². The molecule has 1 aliphatic rings. The molecule has 0 atom stereocenters. The van der Waals surface area contributed by atoms with E-state index in [4.69, 9.17) is 6.42 Å². The molecule has 80 valence electrons. The van der Waals surface area contributed by atoms with E-state index in [0.29, 0.717) is 0 Å². The van der Waals surface area contributed by atoms with Crippen LogP contribution in [0.15, 0.2) is 0 Å². The number of aromatic nitrogens is 2. The third-order valence-electron chi connectivity index (χ3n) is 2.47. The normalized spacial score (nSPS) is 17.7. The zero-order chi connectivity index (χ0) is 10.7. The van der Waals surface area contributed by atoms with Crippen LogP contribution < -0.4 is 4.90 Å². The predicted octanol–water partition coefficient (Wildman–Crippen LogP) is 0.602. The van der Waals surface area contributed by atoms with Gasteiger partial charge in [-0.15, -0.1) is 6.42 Å². The van der Waals surface area contributed by atoms with Crippen molar-refractivity contribution in [3.63, 3.8) is 0 Å². The van der Waals surface area contributed by atoms with Crippen molar-refractivity contribution in [3.8, 4) is 12.3 Å². The summed E-state index contributed by atoms with van der Waals surface area (Å²) in [5, 5.41) is 1.04. The number of hydrogen-bond donors (Lipinski definition) is 0. The Kier molecular flexibility index (Phi) is 3.19. The van der Waals surface area contributed by atoms with Gasteiger partial charge >= 0.3 is 0 Å². The predicted molar refractivity (Wildman–Crippen MR) is 62.1 cm³/mol. The zero-order valence-corrected chi connectivity index (χ0v) is 9.63. The van der Waals surface area contributed by atoms with Gasteiger partial charge in [0.1, 0.15) is 5.82 Å². The van der Waals surface area contributed by atoms with Gasteiger partial charge in [-0.05, 0) is 6.92 Å². The largest absolute Gasteiger partial charge is 0.344 e. The number of rotatable bonds is 2. The van der Waals surface area contributed by atoms with Gasteiger partial charge in [-0.25, -0.2) is 4.98 Å². The third-order valence-corrected chi connectivity index (χ3v) is 3.34. The first kappa shape index (κ1) is 10.4. The highest BCUT2D eigenvalue weighted by Gasteiger charge is 2.18. The molecule has 1 aliphatic heterocycles. The summed E-state index contributed by atoms with van der Waals surface area (Å²) in [6.45, 7) is 6.70. The number of aryl methyl sites for hydroxylation is 1. The minimum absolute atomic E-state index is 0.753. The van der Waals surface area contributed by atoms with Crippen molar-refractivity contribution in [2.45, 2.75) is 6.92 Å². The molecule has 0 radical (unpaired) electrons. The smallest absolute Gasteiger partial charge is 0.205 e. The van der Waals surface area contributed by atoms with Gasteiger partial charge in [0.15, 0.2) is 0 Å². The first-order chi connectivity index (χ1) is 7.29. The molecule has 5 heteroatoms. The summed E-state index contributed by atoms with van der Waals surface area (Å²) in [6.07, 6.45) is 5.28. The average Bonchev–Trinajstić information content (AvgIpc) is 2.67. The summed E-state index contributed by atoms with van der Waals surface area (Å²) in [5.74, 6) is 3.54. The molecule has 0 N–H and O–H groups in total. The summed E-state index contributed by atoms with van der Waals surface area (Å²) in [4.78, 5) is 8.94. The Balaban J connectivity index is 1.91. The van der Waals surface area contributed by atoms with E-state index in [0.717, 1.165) is 43.7 Å². The number of nitrogens with zero attached hydrogens (tertiary/aromatic N) is 4. The molecular weight excluding hydrogens is 208 g/mol. The highest BCUT2D eigenvalue weighted by Crippen LogP contribution is 2.18. The summed E-state index contributed by atoms with van der Waals surface area (Å²) in [5.41, 5.74) is 0. The van der Waals surface area contributed by atoms with Crippen molar-refractivity contribution in [2.24, 2.45) is 0 Å². The molecule has 0 unspecified atom stereocenters. The van der Waals surface area contributed by atoms with Crippen molar-refractivity contribution in [1.29, 1.82) is 0 Å². The monoisotopic (exact) mass is 222 g/mol. The Morgan fingerprint density at radius 2 is 2.13 bits per heavy atom. The molecule has 0 amide bonds. The maximum atomic E-state index is 5.28. The van der Waals surface area contributed by atoms with Crippen molar-refractivity contribution < 1.29 is 0 Å². The maximum Gasteiger partial charge on any atom is 0.205 e. The Morgan fingerprint density at radius 3 is 2.67 bits per heavy atom. The molecule has 0 aromatic carbocycles. The van der Waals surface area contributed by atoms with Crippen LogP contribution in [0.5, 0.6) is 0 Å². The van der Waals surface area contributed by atoms with E-state index >= 15 is 0 Å². The van der Waals surface area contributed by atoms with Gasteiger partial charge < -0.3 is 4.90 Å². The van der Waals surface area contributed by atoms with Crippen LogP contribution in [0, 0.1) is 19.3 Å². The Labute approximate surface area is 94.1 Å². The Morgan fingerprint density at radius 1 is 1.40 bits per heavy atom. The van der Waals surface area contributed by atoms with Crippen molar-refractivity contribution >= 4 is 16.7 Å². The Bertz CT molecular complexity index is 360. The van der Waals surface area contributed by atoms with Gasteiger partial charge in [0.05, 0.1) is 6.54 Å². The first-order valence-electron chi connectivity index (χ1n) is 5.00. The maximum absolute atomic E-state index is 5.28. The van der Waals surface area contributed by atoms with Gasteiger partial charge in [-0.3, -0.25) is 4.90 Å². The zero-order valence-electron chi connectivity index (χ0n) is 8.81. The van der Waals surface area contributed by atoms with E-state index in [1.807, 2.05) is 6.92 Å². The van der Waals surface area contributed by atoms with Gasteiger partial charge in [0, 0.05) is 37.7 Å². The molecule has 0 aliphatic carbocycles. The van der Waals surface area contributed by atoms with Gasteiger partial charge in [0.2, 0.25) is 5.13 Å². The lowest BCUT2D eigenvalue weighted by Gasteiger charge is -2.33. The number of piperazine rings is 1. The minimum Gasteiger partial charge on any atom is -0.344 e. The fourth-order valence-electron chi connectivity index (χ4n) is 1.64. The molecule has 2 heterocycles. The van der Waals surface area contributed by atoms with E-state index in [9.17, 15) is 0 Å². The van der Waals surface area contributed by atoms with Crippen LogP contribution >= 0.6 is 11.5 Å². The summed E-state index contributed by atoms with van der Waals surface area (Å²) >= 11 is 1.48. The SMILES string of the molecule is C#CCN1CCN(c2nc(C)ns2)CC1. The van der Waals surface area contributed by atoms with Crippen LogP contribution in [0.2, 0.25) is 0 Å². The average molecular weight is 222 g/mol. The van der Waals surface area contributed by atoms with E-state index in [2.05, 4.69) is 25.1 Å². The van der Waals surface area contributed by atoms with E-state index in [-0.39, 0.29) is 0 Å². The molecular formula is C10H14N4S. The van der Waals surface area contributed by atoms with Crippen LogP contribution in [0.4, 0.5) is 5.13 Å². The minimum atomic E-state index is 0.753. The molecule has 1 saturated heterocycles. The fourth-order valence-corrected chi connectivity index (χ4v) is 2.37. The number of hydrogen-bond acceptors (Lipinski definition) is 5. The molecule has 4 nitrogen and oxygen atoms in total. The lowest BCUT2D eigenvalue weighted by molar-refractivity contribution is 0.288. The molecule has 15 heavy (non-hydrogen) atoms. The van der Waals surface area contributed by atoms with Crippen molar-refractivity contribution in [3.05, 3.63) is 5.82 Å². The van der Waals surface area contributed by atoms with Gasteiger partial charge in [-0.2, -0.15) is 4.37 Å². The lowest BCUT2D eigenvalue weighted by Crippen LogP contribution is -2.46. The number of terminal acetylenes is 1. The van der Waals surface area contributed by atoms with Crippen LogP contribution in [0.1, 0.15) is 5.82 Å².